The molecule has 0 aromatic heterocycles. The summed E-state index contributed by atoms with van der Waals surface area (Å²) < 4.78 is 36.6. The molecule has 1 aliphatic rings. The van der Waals surface area contributed by atoms with Gasteiger partial charge in [-0.05, 0) is 38.8 Å². The average Bonchev–Trinajstić information content (AvgIpc) is 3.23. The van der Waals surface area contributed by atoms with E-state index < -0.39 is 9.84 Å². The Bertz CT molecular complexity index is 719. The molecule has 0 aliphatic heterocycles. The molecule has 3 unspecified atom stereocenters. The van der Waals surface area contributed by atoms with Gasteiger partial charge in [0.1, 0.15) is 15.7 Å². The van der Waals surface area contributed by atoms with Crippen LogP contribution in [0.3, 0.4) is 0 Å². The Labute approximate surface area is 154 Å². The highest BCUT2D eigenvalue weighted by molar-refractivity contribution is 7.90. The molecule has 0 bridgehead atoms. The van der Waals surface area contributed by atoms with Crippen LogP contribution in [0.25, 0.3) is 0 Å². The average molecular weight is 390 g/mol. The van der Waals surface area contributed by atoms with Crippen molar-refractivity contribution in [3.63, 3.8) is 0 Å². The van der Waals surface area contributed by atoms with E-state index in [1.807, 2.05) is 13.8 Å². The fourth-order valence-corrected chi connectivity index (χ4v) is 3.79. The molecule has 1 aromatic rings. The van der Waals surface area contributed by atoms with E-state index in [0.717, 1.165) is 6.42 Å². The van der Waals surface area contributed by atoms with Gasteiger partial charge in [-0.25, -0.2) is 12.8 Å². The molecule has 1 aromatic carbocycles. The van der Waals surface area contributed by atoms with E-state index in [9.17, 15) is 12.8 Å². The topological polar surface area (TPSA) is 70.6 Å². The largest absolute Gasteiger partial charge is 0.354 e. The predicted octanol–water partition coefficient (Wildman–Crippen LogP) is 2.71. The van der Waals surface area contributed by atoms with Crippen LogP contribution < -0.4 is 10.6 Å². The SMILES string of the molecule is CCN=C(NC(C)CCS(C)(=O)=O)NC1CC1c1c(F)cccc1Cl. The van der Waals surface area contributed by atoms with E-state index in [4.69, 9.17) is 11.6 Å². The fraction of sp³-hybridized carbons (Fsp3) is 0.588. The number of benzene rings is 1. The van der Waals surface area contributed by atoms with Gasteiger partial charge >= 0.3 is 0 Å². The van der Waals surface area contributed by atoms with Crippen molar-refractivity contribution in [1.82, 2.24) is 10.6 Å². The van der Waals surface area contributed by atoms with Gasteiger partial charge in [-0.1, -0.05) is 17.7 Å². The van der Waals surface area contributed by atoms with Crippen molar-refractivity contribution in [2.24, 2.45) is 4.99 Å². The van der Waals surface area contributed by atoms with E-state index in [2.05, 4.69) is 15.6 Å². The van der Waals surface area contributed by atoms with Crippen LogP contribution in [0.5, 0.6) is 0 Å². The number of sulfone groups is 1. The van der Waals surface area contributed by atoms with Crippen molar-refractivity contribution in [2.75, 3.05) is 18.6 Å². The molecule has 3 atom stereocenters. The van der Waals surface area contributed by atoms with Crippen LogP contribution in [-0.4, -0.2) is 45.0 Å². The first-order valence-electron chi connectivity index (χ1n) is 8.40. The van der Waals surface area contributed by atoms with Crippen LogP contribution in [0.15, 0.2) is 23.2 Å². The normalized spacial score (nSPS) is 21.7. The summed E-state index contributed by atoms with van der Waals surface area (Å²) >= 11 is 6.13. The fourth-order valence-electron chi connectivity index (χ4n) is 2.70. The highest BCUT2D eigenvalue weighted by atomic mass is 35.5. The summed E-state index contributed by atoms with van der Waals surface area (Å²) in [6.45, 7) is 4.42. The zero-order valence-electron chi connectivity index (χ0n) is 14.7. The smallest absolute Gasteiger partial charge is 0.191 e. The van der Waals surface area contributed by atoms with Crippen LogP contribution in [0, 0.1) is 5.82 Å². The second-order valence-corrected chi connectivity index (χ2v) is 9.18. The monoisotopic (exact) mass is 389 g/mol. The van der Waals surface area contributed by atoms with Gasteiger partial charge < -0.3 is 10.6 Å². The molecule has 2 N–H and O–H groups in total. The lowest BCUT2D eigenvalue weighted by Crippen LogP contribution is -2.44. The van der Waals surface area contributed by atoms with Gasteiger partial charge in [-0.2, -0.15) is 0 Å². The molecule has 0 amide bonds. The first-order chi connectivity index (χ1) is 11.7. The van der Waals surface area contributed by atoms with Gasteiger partial charge in [0, 0.05) is 41.4 Å². The van der Waals surface area contributed by atoms with Crippen LogP contribution >= 0.6 is 11.6 Å². The van der Waals surface area contributed by atoms with Crippen molar-refractivity contribution in [3.8, 4) is 0 Å². The number of halogens is 2. The second kappa shape index (κ2) is 8.36. The van der Waals surface area contributed by atoms with Gasteiger partial charge in [-0.3, -0.25) is 4.99 Å². The minimum Gasteiger partial charge on any atom is -0.354 e. The first-order valence-corrected chi connectivity index (χ1v) is 10.8. The number of nitrogens with one attached hydrogen (secondary N) is 2. The molecule has 1 saturated carbocycles. The highest BCUT2D eigenvalue weighted by Crippen LogP contribution is 2.44. The maximum Gasteiger partial charge on any atom is 0.191 e. The molecule has 0 radical (unpaired) electrons. The molecule has 0 heterocycles. The van der Waals surface area contributed by atoms with Crippen molar-refractivity contribution in [2.45, 2.75) is 44.7 Å². The Morgan fingerprint density at radius 1 is 1.48 bits per heavy atom. The number of guanidine groups is 1. The van der Waals surface area contributed by atoms with Gasteiger partial charge in [0.25, 0.3) is 0 Å². The number of hydrogen-bond acceptors (Lipinski definition) is 3. The maximum absolute atomic E-state index is 14.0. The molecule has 5 nitrogen and oxygen atoms in total. The molecule has 8 heteroatoms. The van der Waals surface area contributed by atoms with Crippen molar-refractivity contribution in [1.29, 1.82) is 0 Å². The van der Waals surface area contributed by atoms with Crippen LogP contribution in [-0.2, 0) is 9.84 Å². The number of nitrogens with zero attached hydrogens (tertiary/aromatic N) is 1. The molecule has 0 saturated heterocycles. The van der Waals surface area contributed by atoms with Gasteiger partial charge in [-0.15, -0.1) is 0 Å². The number of hydrogen-bond donors (Lipinski definition) is 2. The Balaban J connectivity index is 1.94. The second-order valence-electron chi connectivity index (χ2n) is 6.52. The van der Waals surface area contributed by atoms with E-state index in [1.54, 1.807) is 12.1 Å². The Hall–Kier alpha value is -1.34. The molecule has 2 rings (SSSR count). The zero-order valence-corrected chi connectivity index (χ0v) is 16.3. The van der Waals surface area contributed by atoms with E-state index in [1.165, 1.54) is 12.3 Å². The third-order valence-electron chi connectivity index (χ3n) is 4.10. The molecule has 140 valence electrons. The molecule has 25 heavy (non-hydrogen) atoms. The Morgan fingerprint density at radius 2 is 2.20 bits per heavy atom. The van der Waals surface area contributed by atoms with Gasteiger partial charge in [0.2, 0.25) is 0 Å². The standard InChI is InChI=1S/C17H25ClFN3O2S/c1-4-20-17(21-11(2)8-9-25(3,23)24)22-15-10-12(15)16-13(18)6-5-7-14(16)19/h5-7,11-12,15H,4,8-10H2,1-3H3,(H2,20,21,22). The summed E-state index contributed by atoms with van der Waals surface area (Å²) in [6, 6.07) is 4.74. The van der Waals surface area contributed by atoms with E-state index >= 15 is 0 Å². The molecular formula is C17H25ClFN3O2S. The third-order valence-corrected chi connectivity index (χ3v) is 5.41. The molecular weight excluding hydrogens is 365 g/mol. The lowest BCUT2D eigenvalue weighted by Gasteiger charge is -2.18. The summed E-state index contributed by atoms with van der Waals surface area (Å²) in [5.74, 6) is 0.467. The number of aliphatic imine (C=N–C) groups is 1. The van der Waals surface area contributed by atoms with E-state index in [-0.39, 0.29) is 29.6 Å². The summed E-state index contributed by atoms with van der Waals surface area (Å²) in [6.07, 6.45) is 2.51. The summed E-state index contributed by atoms with van der Waals surface area (Å²) in [5, 5.41) is 6.94. The lowest BCUT2D eigenvalue weighted by atomic mass is 10.1. The summed E-state index contributed by atoms with van der Waals surface area (Å²) in [7, 11) is -2.99. The minimum absolute atomic E-state index is 0.0175. The first kappa shape index (κ1) is 20.0. The quantitative estimate of drug-likeness (QED) is 0.555. The summed E-state index contributed by atoms with van der Waals surface area (Å²) in [5.41, 5.74) is 0.544. The molecule has 1 fully saturated rings. The zero-order chi connectivity index (χ0) is 18.6. The highest BCUT2D eigenvalue weighted by Gasteiger charge is 2.42. The molecule has 1 aliphatic carbocycles. The van der Waals surface area contributed by atoms with E-state index in [0.29, 0.717) is 29.5 Å². The predicted molar refractivity (Wildman–Crippen MR) is 101 cm³/mol. The van der Waals surface area contributed by atoms with Crippen LogP contribution in [0.4, 0.5) is 4.39 Å². The van der Waals surface area contributed by atoms with Gasteiger partial charge in [0.05, 0.1) is 5.75 Å². The number of rotatable bonds is 7. The molecule has 0 spiro atoms. The van der Waals surface area contributed by atoms with Crippen molar-refractivity contribution < 1.29 is 12.8 Å². The minimum atomic E-state index is -2.99. The Morgan fingerprint density at radius 3 is 2.80 bits per heavy atom. The van der Waals surface area contributed by atoms with Crippen LogP contribution in [0.2, 0.25) is 5.02 Å². The Kier molecular flexibility index (Phi) is 6.68. The van der Waals surface area contributed by atoms with Gasteiger partial charge in [0.15, 0.2) is 5.96 Å². The summed E-state index contributed by atoms with van der Waals surface area (Å²) in [4.78, 5) is 4.38. The van der Waals surface area contributed by atoms with Crippen molar-refractivity contribution in [3.05, 3.63) is 34.6 Å². The lowest BCUT2D eigenvalue weighted by molar-refractivity contribution is 0.580. The maximum atomic E-state index is 14.0. The van der Waals surface area contributed by atoms with Crippen LogP contribution in [0.1, 0.15) is 38.2 Å². The third kappa shape index (κ3) is 6.15. The van der Waals surface area contributed by atoms with Crippen molar-refractivity contribution >= 4 is 27.4 Å².